The van der Waals surface area contributed by atoms with Crippen LogP contribution in [0.25, 0.3) is 11.3 Å². The van der Waals surface area contributed by atoms with Gasteiger partial charge in [-0.15, -0.1) is 0 Å². The minimum atomic E-state index is -0.740. The molecule has 0 aliphatic carbocycles. The van der Waals surface area contributed by atoms with Crippen LogP contribution in [0, 0.1) is 0 Å². The summed E-state index contributed by atoms with van der Waals surface area (Å²) in [6, 6.07) is 6.95. The zero-order chi connectivity index (χ0) is 35.7. The molecule has 16 heteroatoms. The Bertz CT molecular complexity index is 1730. The number of rotatable bonds is 7. The number of nitrogen functional groups attached to an aromatic ring is 2. The van der Waals surface area contributed by atoms with Crippen molar-refractivity contribution in [3.8, 4) is 11.3 Å². The standard InChI is InChI=1S/C34H43Br4N9O3/c1-43-10-12-44(13-11-43)22-2-6-45(7-3-22)32(48)28(16-20-14-24(35)30(39)25(36)15-20)41-33(49)46-8-4-23(5-9-46)47-19-29(42-34(47)50)21-17-26(37)31(40)27(38)18-21/h14-15,17-19,22-23,28H,2-13,16,39-40H2,1H3,(H,41,49)(H,42,50)/t28-/m1/s1. The maximum absolute atomic E-state index is 14.1. The van der Waals surface area contributed by atoms with Crippen LogP contribution in [0.5, 0.6) is 0 Å². The van der Waals surface area contributed by atoms with E-state index >= 15 is 0 Å². The summed E-state index contributed by atoms with van der Waals surface area (Å²) in [5.41, 5.74) is 15.6. The van der Waals surface area contributed by atoms with Crippen LogP contribution in [0.3, 0.4) is 0 Å². The molecule has 0 bridgehead atoms. The van der Waals surface area contributed by atoms with Crippen LogP contribution in [0.4, 0.5) is 16.2 Å². The van der Waals surface area contributed by atoms with E-state index in [1.165, 1.54) is 0 Å². The van der Waals surface area contributed by atoms with Crippen LogP contribution in [-0.4, -0.2) is 113 Å². The number of nitrogens with two attached hydrogens (primary N) is 2. The Labute approximate surface area is 325 Å². The Morgan fingerprint density at radius 2 is 1.32 bits per heavy atom. The van der Waals surface area contributed by atoms with Gasteiger partial charge in [0, 0.05) is 101 Å². The normalized spacial score (nSPS) is 19.1. The molecule has 270 valence electrons. The van der Waals surface area contributed by atoms with E-state index in [1.54, 1.807) is 9.47 Å². The third-order valence-electron chi connectivity index (χ3n) is 10.3. The van der Waals surface area contributed by atoms with Crippen molar-refractivity contribution in [2.75, 3.05) is 70.9 Å². The van der Waals surface area contributed by atoms with Crippen molar-refractivity contribution in [3.05, 3.63) is 64.4 Å². The van der Waals surface area contributed by atoms with Gasteiger partial charge < -0.3 is 36.5 Å². The lowest BCUT2D eigenvalue weighted by molar-refractivity contribution is -0.135. The second-order valence-electron chi connectivity index (χ2n) is 13.5. The number of anilines is 2. The molecular weight excluding hydrogens is 902 g/mol. The molecule has 50 heavy (non-hydrogen) atoms. The number of halogens is 4. The largest absolute Gasteiger partial charge is 0.397 e. The third-order valence-corrected chi connectivity index (χ3v) is 12.9. The van der Waals surface area contributed by atoms with Crippen LogP contribution in [0.1, 0.15) is 37.3 Å². The number of urea groups is 1. The summed E-state index contributed by atoms with van der Waals surface area (Å²) < 4.78 is 4.65. The molecule has 3 aromatic rings. The lowest BCUT2D eigenvalue weighted by Crippen LogP contribution is -2.57. The minimum Gasteiger partial charge on any atom is -0.397 e. The average Bonchev–Trinajstić information content (AvgIpc) is 3.50. The quantitative estimate of drug-likeness (QED) is 0.237. The Morgan fingerprint density at radius 1 is 0.800 bits per heavy atom. The van der Waals surface area contributed by atoms with Gasteiger partial charge in [0.1, 0.15) is 6.04 Å². The highest BCUT2D eigenvalue weighted by molar-refractivity contribution is 9.11. The summed E-state index contributed by atoms with van der Waals surface area (Å²) in [5, 5.41) is 3.10. The SMILES string of the molecule is CN1CCN(C2CCN(C(=O)[C@@H](Cc3cc(Br)c(N)c(Br)c3)NC(=O)N3CCC(n4cc(-c5cc(Br)c(N)c(Br)c5)[nH]c4=O)CC3)CC2)CC1. The number of nitrogens with one attached hydrogen (secondary N) is 2. The van der Waals surface area contributed by atoms with Gasteiger partial charge in [0.05, 0.1) is 17.1 Å². The molecule has 12 nitrogen and oxygen atoms in total. The van der Waals surface area contributed by atoms with E-state index < -0.39 is 6.04 Å². The van der Waals surface area contributed by atoms with E-state index in [9.17, 15) is 14.4 Å². The van der Waals surface area contributed by atoms with Crippen LogP contribution in [0.15, 0.2) is 53.1 Å². The van der Waals surface area contributed by atoms with Gasteiger partial charge in [-0.3, -0.25) is 14.3 Å². The predicted octanol–water partition coefficient (Wildman–Crippen LogP) is 5.25. The summed E-state index contributed by atoms with van der Waals surface area (Å²) in [6.07, 6.45) is 5.23. The summed E-state index contributed by atoms with van der Waals surface area (Å²) in [7, 11) is 2.16. The lowest BCUT2D eigenvalue weighted by atomic mass is 9.99. The molecule has 0 spiro atoms. The number of amides is 3. The first kappa shape index (κ1) is 37.4. The lowest BCUT2D eigenvalue weighted by Gasteiger charge is -2.42. The number of nitrogens with zero attached hydrogens (tertiary/aromatic N) is 5. The Hall–Kier alpha value is -2.37. The number of hydrogen-bond donors (Lipinski definition) is 4. The topological polar surface area (TPSA) is 149 Å². The van der Waals surface area contributed by atoms with Gasteiger partial charge in [0.2, 0.25) is 5.91 Å². The van der Waals surface area contributed by atoms with Crippen molar-refractivity contribution in [1.82, 2.24) is 34.5 Å². The van der Waals surface area contributed by atoms with Crippen LogP contribution < -0.4 is 22.5 Å². The molecule has 3 aliphatic rings. The third kappa shape index (κ3) is 8.46. The number of carbonyl (C=O) groups excluding carboxylic acids is 2. The molecule has 6 rings (SSSR count). The zero-order valence-corrected chi connectivity index (χ0v) is 34.3. The van der Waals surface area contributed by atoms with Gasteiger partial charge in [-0.1, -0.05) is 0 Å². The Balaban J connectivity index is 1.11. The smallest absolute Gasteiger partial charge is 0.326 e. The molecule has 1 aromatic heterocycles. The zero-order valence-electron chi connectivity index (χ0n) is 27.9. The Kier molecular flexibility index (Phi) is 12.0. The number of H-pyrrole nitrogens is 1. The van der Waals surface area contributed by atoms with Gasteiger partial charge in [-0.05, 0) is 126 Å². The summed E-state index contributed by atoms with van der Waals surface area (Å²) in [4.78, 5) is 52.4. The number of hydrogen-bond acceptors (Lipinski definition) is 7. The summed E-state index contributed by atoms with van der Waals surface area (Å²) in [6.45, 7) is 6.51. The van der Waals surface area contributed by atoms with E-state index in [2.05, 4.69) is 90.9 Å². The fourth-order valence-electron chi connectivity index (χ4n) is 7.20. The van der Waals surface area contributed by atoms with Gasteiger partial charge in [-0.2, -0.15) is 0 Å². The van der Waals surface area contributed by atoms with E-state index in [4.69, 9.17) is 11.5 Å². The average molecular weight is 945 g/mol. The molecule has 3 fully saturated rings. The first-order valence-electron chi connectivity index (χ1n) is 16.9. The molecule has 3 amide bonds. The number of likely N-dealkylation sites (tertiary alicyclic amines) is 2. The van der Waals surface area contributed by atoms with Gasteiger partial charge in [0.15, 0.2) is 0 Å². The number of imidazole rings is 1. The van der Waals surface area contributed by atoms with Crippen LogP contribution in [0.2, 0.25) is 0 Å². The second kappa shape index (κ2) is 16.1. The van der Waals surface area contributed by atoms with E-state index in [0.717, 1.165) is 68.0 Å². The number of aromatic amines is 1. The number of carbonyl (C=O) groups is 2. The van der Waals surface area contributed by atoms with Crippen molar-refractivity contribution in [2.24, 2.45) is 0 Å². The highest BCUT2D eigenvalue weighted by Crippen LogP contribution is 2.34. The van der Waals surface area contributed by atoms with Crippen molar-refractivity contribution in [2.45, 2.75) is 50.2 Å². The van der Waals surface area contributed by atoms with Crippen molar-refractivity contribution in [1.29, 1.82) is 0 Å². The summed E-state index contributed by atoms with van der Waals surface area (Å²) in [5.74, 6) is -0.0681. The number of likely N-dealkylation sites (N-methyl/N-ethyl adjacent to an activating group) is 1. The monoisotopic (exact) mass is 941 g/mol. The molecule has 0 unspecified atom stereocenters. The number of aromatic nitrogens is 2. The molecule has 3 aliphatic heterocycles. The van der Waals surface area contributed by atoms with Gasteiger partial charge in [-0.25, -0.2) is 9.59 Å². The van der Waals surface area contributed by atoms with Crippen LogP contribution in [-0.2, 0) is 11.2 Å². The van der Waals surface area contributed by atoms with Gasteiger partial charge >= 0.3 is 11.7 Å². The Morgan fingerprint density at radius 3 is 1.90 bits per heavy atom. The van der Waals surface area contributed by atoms with E-state index in [-0.39, 0.29) is 23.7 Å². The van der Waals surface area contributed by atoms with Crippen LogP contribution >= 0.6 is 63.7 Å². The van der Waals surface area contributed by atoms with E-state index in [0.29, 0.717) is 68.6 Å². The maximum Gasteiger partial charge on any atom is 0.326 e. The number of benzene rings is 2. The molecule has 3 saturated heterocycles. The highest BCUT2D eigenvalue weighted by atomic mass is 79.9. The van der Waals surface area contributed by atoms with Gasteiger partial charge in [0.25, 0.3) is 0 Å². The molecule has 4 heterocycles. The predicted molar refractivity (Wildman–Crippen MR) is 211 cm³/mol. The highest BCUT2D eigenvalue weighted by Gasteiger charge is 2.34. The van der Waals surface area contributed by atoms with Crippen molar-refractivity contribution in [3.63, 3.8) is 0 Å². The molecule has 6 N–H and O–H groups in total. The van der Waals surface area contributed by atoms with Crippen molar-refractivity contribution >= 4 is 87.0 Å². The molecule has 0 radical (unpaired) electrons. The molecule has 1 atom stereocenters. The second-order valence-corrected chi connectivity index (χ2v) is 16.9. The molecule has 2 aromatic carbocycles. The summed E-state index contributed by atoms with van der Waals surface area (Å²) >= 11 is 14.0. The fourth-order valence-corrected chi connectivity index (χ4v) is 9.67. The first-order valence-corrected chi connectivity index (χ1v) is 20.1. The van der Waals surface area contributed by atoms with E-state index in [1.807, 2.05) is 35.4 Å². The molecular formula is C34H43Br4N9O3. The molecule has 0 saturated carbocycles. The first-order chi connectivity index (χ1) is 23.9. The maximum atomic E-state index is 14.1. The van der Waals surface area contributed by atoms with Crippen molar-refractivity contribution < 1.29 is 9.59 Å². The number of piperidine rings is 2. The number of piperazine rings is 1. The fraction of sp³-hybridized carbons (Fsp3) is 0.500. The minimum absolute atomic E-state index is 0.0681.